The Morgan fingerprint density at radius 2 is 2.14 bits per heavy atom. The minimum absolute atomic E-state index is 0.0673. The highest BCUT2D eigenvalue weighted by Crippen LogP contribution is 2.68. The maximum atomic E-state index is 12.6. The lowest BCUT2D eigenvalue weighted by Gasteiger charge is -2.35. The summed E-state index contributed by atoms with van der Waals surface area (Å²) in [6.07, 6.45) is 2.67. The standard InChI is InChI=1S/C17H20O4/c1-15-12-7-4-3-6-11(12)10-13(15)16(14(18)20-2)8-5-9-17(16,19)21-15/h3-4,6-7,13,19H,5,8-10H2,1-2H3/t13-,15+,16-,17-/m1/s1. The quantitative estimate of drug-likeness (QED) is 0.804. The Balaban J connectivity index is 1.91. The van der Waals surface area contributed by atoms with Gasteiger partial charge in [0.1, 0.15) is 5.41 Å². The Bertz CT molecular complexity index is 627. The molecule has 4 heteroatoms. The molecular formula is C17H20O4. The third-order valence-corrected chi connectivity index (χ3v) is 5.95. The fourth-order valence-electron chi connectivity index (χ4n) is 5.11. The molecule has 1 aromatic carbocycles. The Labute approximate surface area is 124 Å². The molecule has 1 saturated heterocycles. The van der Waals surface area contributed by atoms with Crippen LogP contribution in [0.3, 0.4) is 0 Å². The van der Waals surface area contributed by atoms with E-state index in [4.69, 9.17) is 9.47 Å². The van der Waals surface area contributed by atoms with E-state index in [2.05, 4.69) is 6.07 Å². The van der Waals surface area contributed by atoms with Gasteiger partial charge in [0.15, 0.2) is 5.79 Å². The lowest BCUT2D eigenvalue weighted by atomic mass is 9.67. The number of benzene rings is 1. The van der Waals surface area contributed by atoms with Gasteiger partial charge in [0.05, 0.1) is 12.7 Å². The summed E-state index contributed by atoms with van der Waals surface area (Å²) in [5.41, 5.74) is 0.762. The number of fused-ring (bicyclic) bond motifs is 5. The van der Waals surface area contributed by atoms with Crippen molar-refractivity contribution in [2.24, 2.45) is 11.3 Å². The summed E-state index contributed by atoms with van der Waals surface area (Å²) in [5.74, 6) is -1.79. The molecule has 1 saturated carbocycles. The van der Waals surface area contributed by atoms with Gasteiger partial charge < -0.3 is 14.6 Å². The number of aliphatic hydroxyl groups is 1. The number of esters is 1. The predicted octanol–water partition coefficient (Wildman–Crippen LogP) is 2.14. The van der Waals surface area contributed by atoms with E-state index in [1.165, 1.54) is 12.7 Å². The summed E-state index contributed by atoms with van der Waals surface area (Å²) in [6.45, 7) is 2.00. The lowest BCUT2D eigenvalue weighted by molar-refractivity contribution is -0.250. The SMILES string of the molecule is COC(=O)[C@]12CCC[C@@]1(O)O[C@@]1(C)c3ccccc3C[C@H]12. The van der Waals surface area contributed by atoms with Crippen LogP contribution in [-0.2, 0) is 26.3 Å². The Morgan fingerprint density at radius 1 is 1.38 bits per heavy atom. The van der Waals surface area contributed by atoms with Gasteiger partial charge in [-0.05, 0) is 37.3 Å². The molecule has 4 rings (SSSR count). The Kier molecular flexibility index (Phi) is 2.45. The smallest absolute Gasteiger partial charge is 0.317 e. The van der Waals surface area contributed by atoms with Gasteiger partial charge >= 0.3 is 5.97 Å². The normalized spacial score (nSPS) is 43.3. The summed E-state index contributed by atoms with van der Waals surface area (Å²) >= 11 is 0. The molecule has 4 nitrogen and oxygen atoms in total. The average molecular weight is 288 g/mol. The van der Waals surface area contributed by atoms with Crippen LogP contribution in [-0.4, -0.2) is 24.0 Å². The van der Waals surface area contributed by atoms with Gasteiger partial charge in [-0.2, -0.15) is 0 Å². The fourth-order valence-corrected chi connectivity index (χ4v) is 5.11. The van der Waals surface area contributed by atoms with E-state index in [1.54, 1.807) is 0 Å². The van der Waals surface area contributed by atoms with Gasteiger partial charge in [-0.15, -0.1) is 0 Å². The van der Waals surface area contributed by atoms with Crippen LogP contribution >= 0.6 is 0 Å². The molecule has 0 unspecified atom stereocenters. The zero-order valence-electron chi connectivity index (χ0n) is 12.4. The van der Waals surface area contributed by atoms with Gasteiger partial charge in [-0.3, -0.25) is 4.79 Å². The molecule has 1 aromatic rings. The van der Waals surface area contributed by atoms with Crippen molar-refractivity contribution in [2.45, 2.75) is 44.0 Å². The van der Waals surface area contributed by atoms with E-state index in [0.29, 0.717) is 12.8 Å². The number of carbonyl (C=O) groups is 1. The summed E-state index contributed by atoms with van der Waals surface area (Å²) in [4.78, 5) is 12.6. The second-order valence-corrected chi connectivity index (χ2v) is 6.72. The van der Waals surface area contributed by atoms with E-state index in [1.807, 2.05) is 25.1 Å². The van der Waals surface area contributed by atoms with Crippen LogP contribution in [0.15, 0.2) is 24.3 Å². The summed E-state index contributed by atoms with van der Waals surface area (Å²) < 4.78 is 11.3. The van der Waals surface area contributed by atoms with Gasteiger partial charge in [0, 0.05) is 12.3 Å². The van der Waals surface area contributed by atoms with Crippen molar-refractivity contribution >= 4 is 5.97 Å². The van der Waals surface area contributed by atoms with Gasteiger partial charge in [-0.1, -0.05) is 24.3 Å². The first-order valence-electron chi connectivity index (χ1n) is 7.57. The van der Waals surface area contributed by atoms with Crippen LogP contribution in [0, 0.1) is 11.3 Å². The average Bonchev–Trinajstić information content (AvgIpc) is 3.00. The van der Waals surface area contributed by atoms with Crippen molar-refractivity contribution in [1.82, 2.24) is 0 Å². The molecule has 2 aliphatic carbocycles. The number of methoxy groups -OCH3 is 1. The van der Waals surface area contributed by atoms with Crippen LogP contribution in [0.2, 0.25) is 0 Å². The second-order valence-electron chi connectivity index (χ2n) is 6.72. The molecule has 112 valence electrons. The molecule has 0 spiro atoms. The first-order valence-corrected chi connectivity index (χ1v) is 7.57. The predicted molar refractivity (Wildman–Crippen MR) is 75.3 cm³/mol. The first kappa shape index (κ1) is 13.3. The Morgan fingerprint density at radius 3 is 2.90 bits per heavy atom. The minimum atomic E-state index is -1.40. The highest BCUT2D eigenvalue weighted by molar-refractivity contribution is 5.80. The lowest BCUT2D eigenvalue weighted by Crippen LogP contribution is -2.50. The van der Waals surface area contributed by atoms with Crippen LogP contribution < -0.4 is 0 Å². The van der Waals surface area contributed by atoms with Crippen LogP contribution in [0.5, 0.6) is 0 Å². The molecule has 21 heavy (non-hydrogen) atoms. The maximum Gasteiger partial charge on any atom is 0.317 e. The molecule has 1 N–H and O–H groups in total. The van der Waals surface area contributed by atoms with Crippen molar-refractivity contribution in [2.75, 3.05) is 7.11 Å². The molecule has 1 aliphatic heterocycles. The molecule has 4 atom stereocenters. The number of hydrogen-bond acceptors (Lipinski definition) is 4. The summed E-state index contributed by atoms with van der Waals surface area (Å²) in [6, 6.07) is 8.12. The van der Waals surface area contributed by atoms with E-state index in [0.717, 1.165) is 18.4 Å². The van der Waals surface area contributed by atoms with Crippen molar-refractivity contribution < 1.29 is 19.4 Å². The molecular weight excluding hydrogens is 268 g/mol. The van der Waals surface area contributed by atoms with Gasteiger partial charge in [0.25, 0.3) is 0 Å². The van der Waals surface area contributed by atoms with E-state index in [9.17, 15) is 9.90 Å². The van der Waals surface area contributed by atoms with E-state index >= 15 is 0 Å². The van der Waals surface area contributed by atoms with E-state index in [-0.39, 0.29) is 11.9 Å². The number of rotatable bonds is 1. The Hall–Kier alpha value is -1.39. The molecule has 3 aliphatic rings. The number of hydrogen-bond donors (Lipinski definition) is 1. The molecule has 0 radical (unpaired) electrons. The zero-order valence-corrected chi connectivity index (χ0v) is 12.4. The summed E-state index contributed by atoms with van der Waals surface area (Å²) in [7, 11) is 1.40. The minimum Gasteiger partial charge on any atom is -0.468 e. The van der Waals surface area contributed by atoms with E-state index < -0.39 is 16.8 Å². The van der Waals surface area contributed by atoms with Crippen LogP contribution in [0.25, 0.3) is 0 Å². The maximum absolute atomic E-state index is 12.6. The number of ether oxygens (including phenoxy) is 2. The topological polar surface area (TPSA) is 55.8 Å². The molecule has 1 heterocycles. The summed E-state index contributed by atoms with van der Waals surface area (Å²) in [5, 5.41) is 11.1. The van der Waals surface area contributed by atoms with Crippen molar-refractivity contribution in [1.29, 1.82) is 0 Å². The highest BCUT2D eigenvalue weighted by atomic mass is 16.7. The largest absolute Gasteiger partial charge is 0.468 e. The second kappa shape index (κ2) is 3.87. The van der Waals surface area contributed by atoms with Crippen LogP contribution in [0.4, 0.5) is 0 Å². The molecule has 2 fully saturated rings. The monoisotopic (exact) mass is 288 g/mol. The third kappa shape index (κ3) is 1.31. The van der Waals surface area contributed by atoms with Crippen LogP contribution in [0.1, 0.15) is 37.3 Å². The van der Waals surface area contributed by atoms with Gasteiger partial charge in [0.2, 0.25) is 0 Å². The molecule has 0 amide bonds. The molecule has 0 bridgehead atoms. The first-order chi connectivity index (χ1) is 9.98. The third-order valence-electron chi connectivity index (χ3n) is 5.95. The van der Waals surface area contributed by atoms with Crippen molar-refractivity contribution in [3.63, 3.8) is 0 Å². The molecule has 0 aromatic heterocycles. The number of carbonyl (C=O) groups excluding carboxylic acids is 1. The highest BCUT2D eigenvalue weighted by Gasteiger charge is 2.76. The van der Waals surface area contributed by atoms with Crippen molar-refractivity contribution in [3.05, 3.63) is 35.4 Å². The van der Waals surface area contributed by atoms with Crippen molar-refractivity contribution in [3.8, 4) is 0 Å². The fraction of sp³-hybridized carbons (Fsp3) is 0.588. The van der Waals surface area contributed by atoms with Gasteiger partial charge in [-0.25, -0.2) is 0 Å². The zero-order chi connectivity index (χ0) is 14.9.